The predicted octanol–water partition coefficient (Wildman–Crippen LogP) is 1.14. The van der Waals surface area contributed by atoms with Crippen LogP contribution in [0.5, 0.6) is 0 Å². The highest BCUT2D eigenvalue weighted by Crippen LogP contribution is 2.09. The smallest absolute Gasteiger partial charge is 0.333 e. The number of carbonyl (C=O) groups excluding carboxylic acids is 1. The van der Waals surface area contributed by atoms with Gasteiger partial charge in [0.2, 0.25) is 0 Å². The molecule has 0 aromatic carbocycles. The highest BCUT2D eigenvalue weighted by atomic mass is 16.6. The molecule has 0 saturated carbocycles. The molecule has 1 aliphatic heterocycles. The number of hydrogen-bond donors (Lipinski definition) is 0. The van der Waals surface area contributed by atoms with Crippen LogP contribution in [0.1, 0.15) is 14.4 Å². The summed E-state index contributed by atoms with van der Waals surface area (Å²) in [6.07, 6.45) is 0.142. The molecular weight excluding hydrogens is 144 g/mol. The van der Waals surface area contributed by atoms with Crippen LogP contribution in [0, 0.1) is 0 Å². The van der Waals surface area contributed by atoms with Crippen LogP contribution in [0.3, 0.4) is 0 Å². The van der Waals surface area contributed by atoms with E-state index in [9.17, 15) is 4.79 Å². The normalized spacial score (nSPS) is 19.9. The Bertz CT molecular complexity index is 159. The Kier molecular flexibility index (Phi) is 3.82. The maximum absolute atomic E-state index is 10.7. The molecule has 1 rings (SSSR count). The topological polar surface area (TPSA) is 38.8 Å². The fourth-order valence-corrected chi connectivity index (χ4v) is 0.456. The van der Waals surface area contributed by atoms with Crippen LogP contribution in [-0.2, 0) is 14.3 Å². The van der Waals surface area contributed by atoms with Crippen molar-refractivity contribution in [1.82, 2.24) is 0 Å². The van der Waals surface area contributed by atoms with Crippen molar-refractivity contribution < 1.29 is 14.3 Å². The lowest BCUT2D eigenvalue weighted by Gasteiger charge is -1.99. The van der Waals surface area contributed by atoms with Crippen LogP contribution in [0.15, 0.2) is 12.2 Å². The zero-order valence-corrected chi connectivity index (χ0v) is 5.92. The minimum atomic E-state index is -0.337. The first-order valence-electron chi connectivity index (χ1n) is 3.14. The van der Waals surface area contributed by atoms with E-state index in [2.05, 4.69) is 6.58 Å². The minimum absolute atomic E-state index is 0. The van der Waals surface area contributed by atoms with Crippen molar-refractivity contribution in [3.8, 4) is 0 Å². The molecule has 1 unspecified atom stereocenters. The van der Waals surface area contributed by atoms with E-state index in [1.165, 1.54) is 0 Å². The van der Waals surface area contributed by atoms with E-state index in [1.807, 2.05) is 0 Å². The molecule has 3 nitrogen and oxygen atoms in total. The molecule has 0 amide bonds. The summed E-state index contributed by atoms with van der Waals surface area (Å²) in [6, 6.07) is 0. The maximum atomic E-state index is 10.7. The van der Waals surface area contributed by atoms with Gasteiger partial charge in [-0.1, -0.05) is 14.0 Å². The second-order valence-electron chi connectivity index (χ2n) is 2.33. The molecule has 11 heavy (non-hydrogen) atoms. The van der Waals surface area contributed by atoms with Crippen molar-refractivity contribution in [3.05, 3.63) is 12.2 Å². The van der Waals surface area contributed by atoms with Crippen LogP contribution in [0.25, 0.3) is 0 Å². The lowest BCUT2D eigenvalue weighted by molar-refractivity contribution is -0.139. The van der Waals surface area contributed by atoms with Crippen LogP contribution >= 0.6 is 0 Å². The molecule has 0 spiro atoms. The number of carbonyl (C=O) groups is 1. The Morgan fingerprint density at radius 1 is 1.82 bits per heavy atom. The Morgan fingerprint density at radius 2 is 2.36 bits per heavy atom. The summed E-state index contributed by atoms with van der Waals surface area (Å²) in [5, 5.41) is 0. The number of hydrogen-bond acceptors (Lipinski definition) is 3. The Morgan fingerprint density at radius 3 is 2.73 bits per heavy atom. The maximum Gasteiger partial charge on any atom is 0.333 e. The molecule has 1 fully saturated rings. The van der Waals surface area contributed by atoms with E-state index in [4.69, 9.17) is 9.47 Å². The molecule has 3 heteroatoms. The van der Waals surface area contributed by atoms with Crippen LogP contribution < -0.4 is 0 Å². The summed E-state index contributed by atoms with van der Waals surface area (Å²) in [5.74, 6) is -0.337. The number of epoxide rings is 1. The van der Waals surface area contributed by atoms with Crippen molar-refractivity contribution in [2.45, 2.75) is 20.5 Å². The largest absolute Gasteiger partial charge is 0.459 e. The summed E-state index contributed by atoms with van der Waals surface area (Å²) in [4.78, 5) is 10.7. The van der Waals surface area contributed by atoms with Gasteiger partial charge in [0.25, 0.3) is 0 Å². The lowest BCUT2D eigenvalue weighted by Crippen LogP contribution is -2.09. The monoisotopic (exact) mass is 158 g/mol. The summed E-state index contributed by atoms with van der Waals surface area (Å²) >= 11 is 0. The van der Waals surface area contributed by atoms with E-state index >= 15 is 0 Å². The Labute approximate surface area is 67.0 Å². The molecule has 1 atom stereocenters. The van der Waals surface area contributed by atoms with Crippen molar-refractivity contribution in [3.63, 3.8) is 0 Å². The van der Waals surface area contributed by atoms with E-state index in [-0.39, 0.29) is 19.5 Å². The SMILES string of the molecule is C.C=C(C)C(=O)OCC1CO1. The standard InChI is InChI=1S/C7H10O3.CH4/c1-5(2)7(8)10-4-6-3-9-6;/h6H,1,3-4H2,2H3;1H4. The van der Waals surface area contributed by atoms with Gasteiger partial charge in [-0.15, -0.1) is 0 Å². The minimum Gasteiger partial charge on any atom is -0.459 e. The second-order valence-corrected chi connectivity index (χ2v) is 2.33. The van der Waals surface area contributed by atoms with Gasteiger partial charge in [0.05, 0.1) is 6.61 Å². The first-order valence-corrected chi connectivity index (χ1v) is 3.14. The first kappa shape index (κ1) is 10.2. The first-order chi connectivity index (χ1) is 4.70. The van der Waals surface area contributed by atoms with Crippen LogP contribution in [0.4, 0.5) is 0 Å². The molecular formula is C8H14O3. The number of ether oxygens (including phenoxy) is 2. The summed E-state index contributed by atoms with van der Waals surface area (Å²) in [5.41, 5.74) is 0.431. The van der Waals surface area contributed by atoms with Crippen molar-refractivity contribution in [2.24, 2.45) is 0 Å². The van der Waals surface area contributed by atoms with Gasteiger partial charge in [0.15, 0.2) is 0 Å². The molecule has 0 N–H and O–H groups in total. The van der Waals surface area contributed by atoms with Gasteiger partial charge in [0.1, 0.15) is 12.7 Å². The van der Waals surface area contributed by atoms with Crippen LogP contribution in [0.2, 0.25) is 0 Å². The fraction of sp³-hybridized carbons (Fsp3) is 0.625. The summed E-state index contributed by atoms with van der Waals surface area (Å²) in [6.45, 7) is 6.14. The van der Waals surface area contributed by atoms with Gasteiger partial charge in [0, 0.05) is 5.57 Å². The lowest BCUT2D eigenvalue weighted by atomic mass is 10.4. The van der Waals surface area contributed by atoms with Crippen molar-refractivity contribution in [2.75, 3.05) is 13.2 Å². The van der Waals surface area contributed by atoms with Gasteiger partial charge in [-0.05, 0) is 6.92 Å². The summed E-state index contributed by atoms with van der Waals surface area (Å²) < 4.78 is 9.60. The average Bonchev–Trinajstić information content (AvgIpc) is 2.64. The van der Waals surface area contributed by atoms with Gasteiger partial charge in [-0.3, -0.25) is 0 Å². The second kappa shape index (κ2) is 4.13. The molecule has 0 aromatic heterocycles. The van der Waals surface area contributed by atoms with Gasteiger partial charge >= 0.3 is 5.97 Å². The molecule has 0 bridgehead atoms. The third-order valence-corrected chi connectivity index (χ3v) is 1.15. The Balaban J connectivity index is 0.000001000. The third-order valence-electron chi connectivity index (χ3n) is 1.15. The molecule has 0 radical (unpaired) electrons. The Hall–Kier alpha value is -0.830. The molecule has 1 aliphatic rings. The molecule has 64 valence electrons. The van der Waals surface area contributed by atoms with E-state index in [1.54, 1.807) is 6.92 Å². The highest BCUT2D eigenvalue weighted by molar-refractivity contribution is 5.86. The zero-order valence-electron chi connectivity index (χ0n) is 5.92. The van der Waals surface area contributed by atoms with Crippen molar-refractivity contribution in [1.29, 1.82) is 0 Å². The molecule has 1 heterocycles. The van der Waals surface area contributed by atoms with E-state index < -0.39 is 0 Å². The molecule has 0 aromatic rings. The molecule has 0 aliphatic carbocycles. The number of rotatable bonds is 3. The highest BCUT2D eigenvalue weighted by Gasteiger charge is 2.24. The predicted molar refractivity (Wildman–Crippen MR) is 42.2 cm³/mol. The van der Waals surface area contributed by atoms with Gasteiger partial charge in [-0.25, -0.2) is 4.79 Å². The molecule has 1 saturated heterocycles. The van der Waals surface area contributed by atoms with E-state index in [0.717, 1.165) is 0 Å². The zero-order chi connectivity index (χ0) is 7.56. The summed E-state index contributed by atoms with van der Waals surface area (Å²) in [7, 11) is 0. The van der Waals surface area contributed by atoms with Gasteiger partial charge in [-0.2, -0.15) is 0 Å². The van der Waals surface area contributed by atoms with Gasteiger partial charge < -0.3 is 9.47 Å². The third kappa shape index (κ3) is 3.78. The van der Waals surface area contributed by atoms with Crippen LogP contribution in [-0.4, -0.2) is 25.3 Å². The van der Waals surface area contributed by atoms with Crippen molar-refractivity contribution >= 4 is 5.97 Å². The van der Waals surface area contributed by atoms with E-state index in [0.29, 0.717) is 18.8 Å². The fourth-order valence-electron chi connectivity index (χ4n) is 0.456. The quantitative estimate of drug-likeness (QED) is 0.351. The average molecular weight is 158 g/mol. The number of esters is 1.